The van der Waals surface area contributed by atoms with Crippen LogP contribution in [0, 0.1) is 6.92 Å². The second-order valence-electron chi connectivity index (χ2n) is 10.8. The number of anilines is 4. The van der Waals surface area contributed by atoms with Crippen molar-refractivity contribution in [2.75, 3.05) is 33.9 Å². The highest BCUT2D eigenvalue weighted by Crippen LogP contribution is 2.39. The summed E-state index contributed by atoms with van der Waals surface area (Å²) < 4.78 is 43.0. The third-order valence-corrected chi connectivity index (χ3v) is 8.61. The van der Waals surface area contributed by atoms with Crippen LogP contribution >= 0.6 is 11.3 Å². The highest BCUT2D eigenvalue weighted by molar-refractivity contribution is 7.18. The lowest BCUT2D eigenvalue weighted by molar-refractivity contribution is -0.137. The molecule has 0 atom stereocenters. The van der Waals surface area contributed by atoms with Crippen molar-refractivity contribution in [3.8, 4) is 0 Å². The number of carbonyl (C=O) groups is 1. The quantitative estimate of drug-likeness (QED) is 0.193. The molecule has 0 bridgehead atoms. The molecule has 7 nitrogen and oxygen atoms in total. The number of hydrogen-bond acceptors (Lipinski definition) is 7. The number of nitrogens with zero attached hydrogens (tertiary/aromatic N) is 3. The van der Waals surface area contributed by atoms with Crippen LogP contribution in [0.4, 0.5) is 36.1 Å². The Kier molecular flexibility index (Phi) is 7.53. The van der Waals surface area contributed by atoms with Gasteiger partial charge in [0.05, 0.1) is 15.8 Å². The molecule has 6 rings (SSSR count). The van der Waals surface area contributed by atoms with E-state index in [1.54, 1.807) is 34.7 Å². The van der Waals surface area contributed by atoms with E-state index in [1.807, 2.05) is 18.4 Å². The van der Waals surface area contributed by atoms with Gasteiger partial charge in [-0.25, -0.2) is 9.97 Å². The monoisotopic (exact) mass is 592 g/mol. The molecule has 3 N–H and O–H groups in total. The van der Waals surface area contributed by atoms with Gasteiger partial charge in [-0.3, -0.25) is 4.79 Å². The molecule has 0 unspecified atom stereocenters. The van der Waals surface area contributed by atoms with Gasteiger partial charge in [0.2, 0.25) is 0 Å². The van der Waals surface area contributed by atoms with Crippen molar-refractivity contribution in [2.24, 2.45) is 0 Å². The number of amides is 1. The third kappa shape index (κ3) is 5.92. The van der Waals surface area contributed by atoms with Crippen LogP contribution in [0.25, 0.3) is 15.9 Å². The van der Waals surface area contributed by atoms with Crippen molar-refractivity contribution < 1.29 is 18.0 Å². The molecule has 1 saturated heterocycles. The first-order valence-corrected chi connectivity index (χ1v) is 14.9. The Labute approximate surface area is 245 Å². The molecule has 0 radical (unpaired) electrons. The molecule has 2 fully saturated rings. The van der Waals surface area contributed by atoms with Crippen LogP contribution in [-0.4, -0.2) is 35.0 Å². The first-order valence-electron chi connectivity index (χ1n) is 14.0. The molecule has 2 aromatic carbocycles. The van der Waals surface area contributed by atoms with Crippen molar-refractivity contribution in [3.05, 3.63) is 76.9 Å². The third-order valence-electron chi connectivity index (χ3n) is 7.64. The number of halogens is 3. The fourth-order valence-corrected chi connectivity index (χ4v) is 6.16. The lowest BCUT2D eigenvalue weighted by atomic mass is 10.0. The van der Waals surface area contributed by atoms with Crippen molar-refractivity contribution in [3.63, 3.8) is 0 Å². The standard InChI is InChI=1S/C31H31F3N6OS/c1-18-6-8-22(39-30(41)20-7-11-26(24(14-20)31(32,33)34)40-12-4-3-5-13-40)15-25(18)37-19(2)23-16-42-28-27(23)35-17-36-29(28)38-21-9-10-21/h6-8,11,14-17,21,37H,2-5,9-10,12-13H2,1H3,(H,39,41)(H,35,36,38). The molecule has 1 aliphatic carbocycles. The van der Waals surface area contributed by atoms with Gasteiger partial charge in [-0.1, -0.05) is 12.6 Å². The molecular weight excluding hydrogens is 561 g/mol. The van der Waals surface area contributed by atoms with Gasteiger partial charge in [-0.05, 0) is 74.9 Å². The van der Waals surface area contributed by atoms with Gasteiger partial charge in [0.1, 0.15) is 12.1 Å². The molecule has 1 aliphatic heterocycles. The summed E-state index contributed by atoms with van der Waals surface area (Å²) in [4.78, 5) is 23.7. The van der Waals surface area contributed by atoms with Crippen LogP contribution in [-0.2, 0) is 6.18 Å². The van der Waals surface area contributed by atoms with E-state index in [2.05, 4.69) is 32.5 Å². The summed E-state index contributed by atoms with van der Waals surface area (Å²) in [6.45, 7) is 7.29. The fourth-order valence-electron chi connectivity index (χ4n) is 5.17. The first kappa shape index (κ1) is 28.0. The van der Waals surface area contributed by atoms with Gasteiger partial charge in [-0.15, -0.1) is 11.3 Å². The van der Waals surface area contributed by atoms with E-state index in [0.29, 0.717) is 36.2 Å². The highest BCUT2D eigenvalue weighted by atomic mass is 32.1. The molecule has 42 heavy (non-hydrogen) atoms. The molecule has 1 amide bonds. The number of thiophene rings is 1. The summed E-state index contributed by atoms with van der Waals surface area (Å²) in [6.07, 6.45) is 1.96. The number of hydrogen-bond donors (Lipinski definition) is 3. The Morgan fingerprint density at radius 2 is 1.83 bits per heavy atom. The van der Waals surface area contributed by atoms with E-state index in [0.717, 1.165) is 65.3 Å². The van der Waals surface area contributed by atoms with Crippen molar-refractivity contribution in [2.45, 2.75) is 51.2 Å². The Hall–Kier alpha value is -4.12. The molecule has 11 heteroatoms. The van der Waals surface area contributed by atoms with Crippen LogP contribution in [0.5, 0.6) is 0 Å². The largest absolute Gasteiger partial charge is 0.418 e. The SMILES string of the molecule is C=C(Nc1cc(NC(=O)c2ccc(N3CCCCC3)c(C(F)(F)F)c2)ccc1C)c1csc2c(NC3CC3)ncnc12. The first-order chi connectivity index (χ1) is 20.2. The Morgan fingerprint density at radius 1 is 1.05 bits per heavy atom. The van der Waals surface area contributed by atoms with Gasteiger partial charge >= 0.3 is 6.18 Å². The average molecular weight is 593 g/mol. The molecule has 4 aromatic rings. The number of aromatic nitrogens is 2. The number of benzene rings is 2. The molecule has 1 saturated carbocycles. The summed E-state index contributed by atoms with van der Waals surface area (Å²) in [5.74, 6) is 0.209. The maximum absolute atomic E-state index is 14.0. The molecule has 2 aliphatic rings. The predicted molar refractivity (Wildman–Crippen MR) is 163 cm³/mol. The normalized spacial score (nSPS) is 15.5. The maximum Gasteiger partial charge on any atom is 0.418 e. The van der Waals surface area contributed by atoms with Crippen molar-refractivity contribution in [1.29, 1.82) is 0 Å². The van der Waals surface area contributed by atoms with Gasteiger partial charge in [0.15, 0.2) is 0 Å². The zero-order valence-electron chi connectivity index (χ0n) is 23.1. The molecule has 0 spiro atoms. The summed E-state index contributed by atoms with van der Waals surface area (Å²) in [5.41, 5.74) is 3.62. The molecular formula is C31H31F3N6OS. The van der Waals surface area contributed by atoms with Crippen LogP contribution in [0.15, 0.2) is 54.7 Å². The molecule has 2 aromatic heterocycles. The smallest absolute Gasteiger partial charge is 0.371 e. The average Bonchev–Trinajstić information content (AvgIpc) is 3.68. The number of aryl methyl sites for hydroxylation is 1. The van der Waals surface area contributed by atoms with Crippen LogP contribution in [0.1, 0.15) is 59.2 Å². The van der Waals surface area contributed by atoms with E-state index < -0.39 is 17.6 Å². The van der Waals surface area contributed by atoms with Crippen LogP contribution in [0.2, 0.25) is 0 Å². The number of fused-ring (bicyclic) bond motifs is 1. The predicted octanol–water partition coefficient (Wildman–Crippen LogP) is 7.92. The lowest BCUT2D eigenvalue weighted by Gasteiger charge is -2.31. The van der Waals surface area contributed by atoms with Gasteiger partial charge in [0, 0.05) is 58.4 Å². The second kappa shape index (κ2) is 11.3. The lowest BCUT2D eigenvalue weighted by Crippen LogP contribution is -2.31. The number of rotatable bonds is 8. The Morgan fingerprint density at radius 3 is 2.57 bits per heavy atom. The Balaban J connectivity index is 1.20. The van der Waals surface area contributed by atoms with Gasteiger partial charge in [-0.2, -0.15) is 13.2 Å². The Bertz CT molecular complexity index is 1660. The van der Waals surface area contributed by atoms with Gasteiger partial charge < -0.3 is 20.9 Å². The van der Waals surface area contributed by atoms with E-state index in [-0.39, 0.29) is 11.3 Å². The summed E-state index contributed by atoms with van der Waals surface area (Å²) in [6, 6.07) is 9.58. The number of carbonyl (C=O) groups excluding carboxylic acids is 1. The van der Waals surface area contributed by atoms with E-state index in [1.165, 1.54) is 12.1 Å². The van der Waals surface area contributed by atoms with E-state index >= 15 is 0 Å². The fraction of sp³-hybridized carbons (Fsp3) is 0.323. The number of piperidine rings is 1. The number of alkyl halides is 3. The maximum atomic E-state index is 14.0. The van der Waals surface area contributed by atoms with E-state index in [9.17, 15) is 18.0 Å². The van der Waals surface area contributed by atoms with Crippen molar-refractivity contribution >= 4 is 56.0 Å². The summed E-state index contributed by atoms with van der Waals surface area (Å²) in [5, 5.41) is 11.5. The number of nitrogens with one attached hydrogen (secondary N) is 3. The second-order valence-corrected chi connectivity index (χ2v) is 11.7. The zero-order chi connectivity index (χ0) is 29.4. The van der Waals surface area contributed by atoms with Crippen LogP contribution in [0.3, 0.4) is 0 Å². The van der Waals surface area contributed by atoms with Crippen molar-refractivity contribution in [1.82, 2.24) is 9.97 Å². The summed E-state index contributed by atoms with van der Waals surface area (Å²) >= 11 is 1.55. The summed E-state index contributed by atoms with van der Waals surface area (Å²) in [7, 11) is 0. The molecule has 3 heterocycles. The minimum Gasteiger partial charge on any atom is -0.371 e. The van der Waals surface area contributed by atoms with Crippen LogP contribution < -0.4 is 20.9 Å². The topological polar surface area (TPSA) is 82.2 Å². The minimum absolute atomic E-state index is 0.0531. The van der Waals surface area contributed by atoms with E-state index in [4.69, 9.17) is 0 Å². The molecule has 218 valence electrons. The van der Waals surface area contributed by atoms with Gasteiger partial charge in [0.25, 0.3) is 5.91 Å². The highest BCUT2D eigenvalue weighted by Gasteiger charge is 2.36. The minimum atomic E-state index is -4.57. The zero-order valence-corrected chi connectivity index (χ0v) is 24.0.